The van der Waals surface area contributed by atoms with Gasteiger partial charge in [0.2, 0.25) is 5.91 Å². The second-order valence-electron chi connectivity index (χ2n) is 5.61. The van der Waals surface area contributed by atoms with E-state index in [-0.39, 0.29) is 18.1 Å². The summed E-state index contributed by atoms with van der Waals surface area (Å²) in [5.74, 6) is 0.233. The van der Waals surface area contributed by atoms with Crippen molar-refractivity contribution in [3.05, 3.63) is 22.4 Å². The minimum absolute atomic E-state index is 0.0581. The molecule has 0 aliphatic carbocycles. The summed E-state index contributed by atoms with van der Waals surface area (Å²) < 4.78 is 0. The normalized spacial score (nSPS) is 32.4. The molecule has 1 amide bonds. The van der Waals surface area contributed by atoms with Crippen molar-refractivity contribution in [1.29, 1.82) is 0 Å². The Kier molecular flexibility index (Phi) is 3.60. The maximum absolute atomic E-state index is 12.4. The van der Waals surface area contributed by atoms with Gasteiger partial charge in [0, 0.05) is 12.6 Å². The molecule has 2 aliphatic heterocycles. The molecule has 104 valence electrons. The number of rotatable bonds is 3. The fraction of sp³-hybridized carbons (Fsp3) is 0.643. The molecule has 3 rings (SSSR count). The van der Waals surface area contributed by atoms with E-state index in [0.29, 0.717) is 6.04 Å². The van der Waals surface area contributed by atoms with Gasteiger partial charge in [0.05, 0.1) is 6.04 Å². The molecule has 0 radical (unpaired) electrons. The largest absolute Gasteiger partial charge is 0.320 e. The monoisotopic (exact) mass is 279 g/mol. The van der Waals surface area contributed by atoms with E-state index in [1.165, 1.54) is 18.4 Å². The van der Waals surface area contributed by atoms with Crippen molar-refractivity contribution >= 4 is 17.2 Å². The highest BCUT2D eigenvalue weighted by Crippen LogP contribution is 2.29. The second kappa shape index (κ2) is 5.23. The maximum Gasteiger partial charge on any atom is 0.241 e. The number of amides is 1. The van der Waals surface area contributed by atoms with E-state index in [1.54, 1.807) is 11.3 Å². The quantitative estimate of drug-likeness (QED) is 0.914. The molecule has 19 heavy (non-hydrogen) atoms. The first kappa shape index (κ1) is 13.1. The van der Waals surface area contributed by atoms with Crippen LogP contribution in [0.15, 0.2) is 16.8 Å². The third kappa shape index (κ3) is 2.42. The molecule has 0 bridgehead atoms. The molecular formula is C14H21N3OS. The lowest BCUT2D eigenvalue weighted by atomic mass is 10.2. The predicted molar refractivity (Wildman–Crippen MR) is 77.0 cm³/mol. The van der Waals surface area contributed by atoms with Gasteiger partial charge in [-0.05, 0) is 55.7 Å². The van der Waals surface area contributed by atoms with Crippen LogP contribution in [0.25, 0.3) is 0 Å². The topological polar surface area (TPSA) is 35.6 Å². The highest BCUT2D eigenvalue weighted by atomic mass is 32.1. The summed E-state index contributed by atoms with van der Waals surface area (Å²) in [6, 6.07) is 2.55. The van der Waals surface area contributed by atoms with Crippen LogP contribution in [0.3, 0.4) is 0 Å². The van der Waals surface area contributed by atoms with Crippen LogP contribution in [-0.4, -0.2) is 47.9 Å². The van der Waals surface area contributed by atoms with Crippen molar-refractivity contribution in [2.75, 3.05) is 20.1 Å². The summed E-state index contributed by atoms with van der Waals surface area (Å²) >= 11 is 1.69. The van der Waals surface area contributed by atoms with Gasteiger partial charge in [-0.1, -0.05) is 0 Å². The van der Waals surface area contributed by atoms with Gasteiger partial charge in [-0.2, -0.15) is 11.3 Å². The van der Waals surface area contributed by atoms with Crippen LogP contribution in [0, 0.1) is 0 Å². The first-order valence-electron chi connectivity index (χ1n) is 6.95. The Morgan fingerprint density at radius 3 is 3.00 bits per heavy atom. The van der Waals surface area contributed by atoms with Gasteiger partial charge in [-0.25, -0.2) is 0 Å². The third-order valence-electron chi connectivity index (χ3n) is 4.31. The summed E-state index contributed by atoms with van der Waals surface area (Å²) in [7, 11) is 2.16. The van der Waals surface area contributed by atoms with Crippen LogP contribution >= 0.6 is 11.3 Å². The summed E-state index contributed by atoms with van der Waals surface area (Å²) in [6.07, 6.45) is 2.50. The minimum atomic E-state index is -0.0726. The summed E-state index contributed by atoms with van der Waals surface area (Å²) in [6.45, 7) is 3.95. The van der Waals surface area contributed by atoms with Gasteiger partial charge in [-0.3, -0.25) is 10.1 Å². The number of hydrogen-bond acceptors (Lipinski definition) is 4. The highest BCUT2D eigenvalue weighted by Gasteiger charge is 2.39. The molecule has 2 fully saturated rings. The van der Waals surface area contributed by atoms with Gasteiger partial charge in [0.1, 0.15) is 6.17 Å². The SMILES string of the molecule is CC1NC(c2ccsc2)N(CC2CCCN2C)C1=O. The van der Waals surface area contributed by atoms with Crippen molar-refractivity contribution < 1.29 is 4.79 Å². The molecule has 4 nitrogen and oxygen atoms in total. The number of nitrogens with zero attached hydrogens (tertiary/aromatic N) is 2. The number of nitrogens with one attached hydrogen (secondary N) is 1. The Morgan fingerprint density at radius 2 is 2.37 bits per heavy atom. The molecule has 1 aromatic heterocycles. The number of likely N-dealkylation sites (N-methyl/N-ethyl adjacent to an activating group) is 1. The van der Waals surface area contributed by atoms with Crippen LogP contribution in [0.2, 0.25) is 0 Å². The van der Waals surface area contributed by atoms with Crippen LogP contribution < -0.4 is 5.32 Å². The smallest absolute Gasteiger partial charge is 0.241 e. The number of carbonyl (C=O) groups excluding carboxylic acids is 1. The summed E-state index contributed by atoms with van der Waals surface area (Å²) in [5, 5.41) is 7.62. The molecular weight excluding hydrogens is 258 g/mol. The number of likely N-dealkylation sites (tertiary alicyclic amines) is 1. The van der Waals surface area contributed by atoms with Crippen molar-refractivity contribution in [1.82, 2.24) is 15.1 Å². The van der Waals surface area contributed by atoms with E-state index < -0.39 is 0 Å². The fourth-order valence-electron chi connectivity index (χ4n) is 3.11. The molecule has 5 heteroatoms. The molecule has 2 saturated heterocycles. The van der Waals surface area contributed by atoms with Crippen LogP contribution in [0.5, 0.6) is 0 Å². The predicted octanol–water partition coefficient (Wildman–Crippen LogP) is 1.66. The van der Waals surface area contributed by atoms with Gasteiger partial charge in [-0.15, -0.1) is 0 Å². The third-order valence-corrected chi connectivity index (χ3v) is 5.01. The molecule has 3 atom stereocenters. The summed E-state index contributed by atoms with van der Waals surface area (Å²) in [5.41, 5.74) is 1.21. The van der Waals surface area contributed by atoms with Crippen LogP contribution in [0.1, 0.15) is 31.5 Å². The lowest BCUT2D eigenvalue weighted by Gasteiger charge is -2.29. The zero-order valence-corrected chi connectivity index (χ0v) is 12.3. The van der Waals surface area contributed by atoms with Crippen molar-refractivity contribution in [3.63, 3.8) is 0 Å². The first-order chi connectivity index (χ1) is 9.16. The number of thiophene rings is 1. The van der Waals surface area contributed by atoms with E-state index in [2.05, 4.69) is 34.1 Å². The number of carbonyl (C=O) groups is 1. The Bertz CT molecular complexity index is 448. The lowest BCUT2D eigenvalue weighted by molar-refractivity contribution is -0.130. The van der Waals surface area contributed by atoms with Gasteiger partial charge in [0.15, 0.2) is 0 Å². The van der Waals surface area contributed by atoms with E-state index in [4.69, 9.17) is 0 Å². The first-order valence-corrected chi connectivity index (χ1v) is 7.90. The molecule has 1 aromatic rings. The maximum atomic E-state index is 12.4. The molecule has 0 saturated carbocycles. The number of hydrogen-bond donors (Lipinski definition) is 1. The second-order valence-corrected chi connectivity index (χ2v) is 6.39. The van der Waals surface area contributed by atoms with Crippen LogP contribution in [-0.2, 0) is 4.79 Å². The van der Waals surface area contributed by atoms with Crippen molar-refractivity contribution in [2.45, 2.75) is 38.0 Å². The zero-order chi connectivity index (χ0) is 13.4. The molecule has 0 aromatic carbocycles. The fourth-order valence-corrected chi connectivity index (χ4v) is 3.79. The molecule has 3 heterocycles. The average molecular weight is 279 g/mol. The van der Waals surface area contributed by atoms with Crippen molar-refractivity contribution in [3.8, 4) is 0 Å². The summed E-state index contributed by atoms with van der Waals surface area (Å²) in [4.78, 5) is 16.8. The van der Waals surface area contributed by atoms with Crippen molar-refractivity contribution in [2.24, 2.45) is 0 Å². The van der Waals surface area contributed by atoms with E-state index in [1.807, 2.05) is 11.8 Å². The zero-order valence-electron chi connectivity index (χ0n) is 11.5. The molecule has 0 spiro atoms. The Labute approximate surface area is 118 Å². The Morgan fingerprint density at radius 1 is 1.53 bits per heavy atom. The minimum Gasteiger partial charge on any atom is -0.320 e. The van der Waals surface area contributed by atoms with E-state index in [9.17, 15) is 4.79 Å². The van der Waals surface area contributed by atoms with Crippen LogP contribution in [0.4, 0.5) is 0 Å². The molecule has 1 N–H and O–H groups in total. The molecule has 3 unspecified atom stereocenters. The van der Waals surface area contributed by atoms with E-state index in [0.717, 1.165) is 13.1 Å². The average Bonchev–Trinajstić information content (AvgIpc) is 3.08. The standard InChI is InChI=1S/C14H21N3OS/c1-10-14(18)17(8-12-4-3-6-16(12)2)13(15-10)11-5-7-19-9-11/h5,7,9-10,12-13,15H,3-4,6,8H2,1-2H3. The Hall–Kier alpha value is -0.910. The molecule has 2 aliphatic rings. The highest BCUT2D eigenvalue weighted by molar-refractivity contribution is 7.07. The lowest BCUT2D eigenvalue weighted by Crippen LogP contribution is -2.41. The van der Waals surface area contributed by atoms with Gasteiger partial charge < -0.3 is 9.80 Å². The Balaban J connectivity index is 1.78. The van der Waals surface area contributed by atoms with E-state index >= 15 is 0 Å². The van der Waals surface area contributed by atoms with Gasteiger partial charge >= 0.3 is 0 Å². The van der Waals surface area contributed by atoms with Gasteiger partial charge in [0.25, 0.3) is 0 Å².